The molecule has 0 saturated heterocycles. The normalized spacial score (nSPS) is 43.0. The minimum atomic E-state index is -4.03. The maximum atomic E-state index is 13.3. The third-order valence-corrected chi connectivity index (χ3v) is 9.32. The Labute approximate surface area is 170 Å². The summed E-state index contributed by atoms with van der Waals surface area (Å²) in [5, 5.41) is 0. The van der Waals surface area contributed by atoms with E-state index in [0.717, 1.165) is 44.4 Å². The molecular weight excluding hydrogens is 357 g/mol. The molecule has 0 spiro atoms. The van der Waals surface area contributed by atoms with E-state index in [1.807, 2.05) is 6.92 Å². The fourth-order valence-electron chi connectivity index (χ4n) is 8.03. The lowest BCUT2D eigenvalue weighted by Crippen LogP contribution is -2.52. The fourth-order valence-corrected chi connectivity index (χ4v) is 8.03. The smallest absolute Gasteiger partial charge is 0.171 e. The van der Waals surface area contributed by atoms with Gasteiger partial charge in [-0.15, -0.1) is 11.8 Å². The minimum absolute atomic E-state index is 0.139. The molecule has 0 N–H and O–H groups in total. The SMILES string of the molecule is CC#CCCC1CCC2C3CCC(CC(F)(F)F)C(C)(CCC)C3CCC12C. The second-order valence-electron chi connectivity index (χ2n) is 10.5. The van der Waals surface area contributed by atoms with Gasteiger partial charge in [0.25, 0.3) is 0 Å². The van der Waals surface area contributed by atoms with E-state index in [4.69, 9.17) is 0 Å². The summed E-state index contributed by atoms with van der Waals surface area (Å²) in [5.74, 6) is 8.69. The highest BCUT2D eigenvalue weighted by Crippen LogP contribution is 2.67. The monoisotopic (exact) mass is 396 g/mol. The van der Waals surface area contributed by atoms with Crippen molar-refractivity contribution in [2.45, 2.75) is 105 Å². The Bertz CT molecular complexity index is 597. The van der Waals surface area contributed by atoms with Crippen LogP contribution in [-0.2, 0) is 0 Å². The van der Waals surface area contributed by atoms with Crippen molar-refractivity contribution in [3.8, 4) is 11.8 Å². The maximum absolute atomic E-state index is 13.3. The second kappa shape index (κ2) is 8.23. The van der Waals surface area contributed by atoms with Gasteiger partial charge in [-0.3, -0.25) is 0 Å². The lowest BCUT2D eigenvalue weighted by molar-refractivity contribution is -0.177. The molecule has 0 heterocycles. The Hall–Kier alpha value is -0.650. The van der Waals surface area contributed by atoms with E-state index in [1.165, 1.54) is 25.7 Å². The predicted octanol–water partition coefficient (Wildman–Crippen LogP) is 8.02. The molecule has 28 heavy (non-hydrogen) atoms. The van der Waals surface area contributed by atoms with Gasteiger partial charge in [-0.25, -0.2) is 0 Å². The van der Waals surface area contributed by atoms with Crippen molar-refractivity contribution in [3.05, 3.63) is 0 Å². The van der Waals surface area contributed by atoms with Crippen LogP contribution in [-0.4, -0.2) is 6.18 Å². The van der Waals surface area contributed by atoms with Crippen molar-refractivity contribution in [2.24, 2.45) is 40.4 Å². The fraction of sp³-hybridized carbons (Fsp3) is 0.920. The molecule has 0 aromatic carbocycles. The zero-order valence-electron chi connectivity index (χ0n) is 18.3. The first-order chi connectivity index (χ1) is 13.2. The second-order valence-corrected chi connectivity index (χ2v) is 10.5. The summed E-state index contributed by atoms with van der Waals surface area (Å²) in [4.78, 5) is 0. The summed E-state index contributed by atoms with van der Waals surface area (Å²) < 4.78 is 39.9. The highest BCUT2D eigenvalue weighted by Gasteiger charge is 2.59. The highest BCUT2D eigenvalue weighted by atomic mass is 19.4. The summed E-state index contributed by atoms with van der Waals surface area (Å²) in [6, 6.07) is 0. The van der Waals surface area contributed by atoms with Gasteiger partial charge in [-0.1, -0.05) is 27.2 Å². The summed E-state index contributed by atoms with van der Waals surface area (Å²) in [6.45, 7) is 8.78. The molecule has 3 aliphatic rings. The van der Waals surface area contributed by atoms with Gasteiger partial charge < -0.3 is 0 Å². The highest BCUT2D eigenvalue weighted by molar-refractivity contribution is 5.09. The average Bonchev–Trinajstić information content (AvgIpc) is 2.94. The van der Waals surface area contributed by atoms with E-state index in [2.05, 4.69) is 32.6 Å². The molecule has 0 radical (unpaired) electrons. The van der Waals surface area contributed by atoms with Crippen molar-refractivity contribution in [3.63, 3.8) is 0 Å². The predicted molar refractivity (Wildman–Crippen MR) is 110 cm³/mol. The Balaban J connectivity index is 1.80. The molecule has 0 nitrogen and oxygen atoms in total. The molecule has 3 aliphatic carbocycles. The van der Waals surface area contributed by atoms with Crippen LogP contribution in [0.3, 0.4) is 0 Å². The Morgan fingerprint density at radius 1 is 0.964 bits per heavy atom. The van der Waals surface area contributed by atoms with Gasteiger partial charge in [0.15, 0.2) is 0 Å². The van der Waals surface area contributed by atoms with Crippen molar-refractivity contribution in [1.82, 2.24) is 0 Å². The van der Waals surface area contributed by atoms with Crippen molar-refractivity contribution >= 4 is 0 Å². The van der Waals surface area contributed by atoms with Crippen LogP contribution in [0.1, 0.15) is 98.3 Å². The Morgan fingerprint density at radius 2 is 1.68 bits per heavy atom. The number of hydrogen-bond acceptors (Lipinski definition) is 0. The molecule has 3 rings (SSSR count). The van der Waals surface area contributed by atoms with Gasteiger partial charge in [0.05, 0.1) is 0 Å². The first-order valence-corrected chi connectivity index (χ1v) is 11.6. The number of hydrogen-bond donors (Lipinski definition) is 0. The zero-order valence-corrected chi connectivity index (χ0v) is 18.3. The topological polar surface area (TPSA) is 0 Å². The Morgan fingerprint density at radius 3 is 2.32 bits per heavy atom. The van der Waals surface area contributed by atoms with Gasteiger partial charge in [-0.05, 0) is 98.7 Å². The lowest BCUT2D eigenvalue weighted by Gasteiger charge is -2.59. The standard InChI is InChI=1S/C25H39F3/c1-5-7-8-9-18-11-13-21-20-12-10-19(17-25(26,27)28)23(3,15-6-2)22(20)14-16-24(18,21)4/h18-22H,6,8-17H2,1-4H3. The van der Waals surface area contributed by atoms with Crippen molar-refractivity contribution in [2.75, 3.05) is 0 Å². The molecule has 0 aromatic rings. The van der Waals surface area contributed by atoms with Crippen LogP contribution >= 0.6 is 0 Å². The molecular formula is C25H39F3. The van der Waals surface area contributed by atoms with Crippen LogP contribution in [0.25, 0.3) is 0 Å². The third-order valence-electron chi connectivity index (χ3n) is 9.32. The van der Waals surface area contributed by atoms with E-state index >= 15 is 0 Å². The van der Waals surface area contributed by atoms with Crippen LogP contribution in [0, 0.1) is 52.3 Å². The minimum Gasteiger partial charge on any atom is -0.171 e. The molecule has 3 saturated carbocycles. The van der Waals surface area contributed by atoms with Gasteiger partial charge >= 0.3 is 6.18 Å². The molecule has 0 bridgehead atoms. The van der Waals surface area contributed by atoms with Crippen LogP contribution in [0.4, 0.5) is 13.2 Å². The summed E-state index contributed by atoms with van der Waals surface area (Å²) in [7, 11) is 0. The molecule has 7 atom stereocenters. The van der Waals surface area contributed by atoms with E-state index < -0.39 is 12.6 Å². The number of rotatable bonds is 5. The van der Waals surface area contributed by atoms with Crippen LogP contribution < -0.4 is 0 Å². The third kappa shape index (κ3) is 3.99. The molecule has 160 valence electrons. The lowest BCUT2D eigenvalue weighted by atomic mass is 9.46. The molecule has 3 heteroatoms. The number of fused-ring (bicyclic) bond motifs is 3. The Kier molecular flexibility index (Phi) is 6.48. The zero-order chi connectivity index (χ0) is 20.6. The first-order valence-electron chi connectivity index (χ1n) is 11.6. The van der Waals surface area contributed by atoms with Gasteiger partial charge in [0.2, 0.25) is 0 Å². The van der Waals surface area contributed by atoms with Crippen molar-refractivity contribution in [1.29, 1.82) is 0 Å². The van der Waals surface area contributed by atoms with E-state index in [-0.39, 0.29) is 11.3 Å². The quantitative estimate of drug-likeness (QED) is 0.413. The van der Waals surface area contributed by atoms with Crippen LogP contribution in [0.2, 0.25) is 0 Å². The van der Waals surface area contributed by atoms with E-state index in [0.29, 0.717) is 23.2 Å². The van der Waals surface area contributed by atoms with Gasteiger partial charge in [0, 0.05) is 12.8 Å². The first kappa shape index (κ1) is 22.0. The largest absolute Gasteiger partial charge is 0.389 e. The molecule has 7 unspecified atom stereocenters. The van der Waals surface area contributed by atoms with Gasteiger partial charge in [0.1, 0.15) is 0 Å². The summed E-state index contributed by atoms with van der Waals surface area (Å²) >= 11 is 0. The van der Waals surface area contributed by atoms with E-state index in [1.54, 1.807) is 0 Å². The molecule has 0 aromatic heterocycles. The average molecular weight is 397 g/mol. The molecule has 0 amide bonds. The summed E-state index contributed by atoms with van der Waals surface area (Å²) in [6.07, 6.45) is 6.26. The van der Waals surface area contributed by atoms with Crippen LogP contribution in [0.15, 0.2) is 0 Å². The summed E-state index contributed by atoms with van der Waals surface area (Å²) in [5.41, 5.74) is 0.251. The van der Waals surface area contributed by atoms with E-state index in [9.17, 15) is 13.2 Å². The number of alkyl halides is 3. The number of halogens is 3. The molecule has 3 fully saturated rings. The van der Waals surface area contributed by atoms with Crippen molar-refractivity contribution < 1.29 is 13.2 Å². The van der Waals surface area contributed by atoms with Crippen LogP contribution in [0.5, 0.6) is 0 Å². The molecule has 0 aliphatic heterocycles. The maximum Gasteiger partial charge on any atom is 0.389 e. The van der Waals surface area contributed by atoms with Gasteiger partial charge in [-0.2, -0.15) is 13.2 Å².